The Hall–Kier alpha value is -1.85. The van der Waals surface area contributed by atoms with E-state index < -0.39 is 15.9 Å². The molecule has 0 radical (unpaired) electrons. The Morgan fingerprint density at radius 3 is 2.41 bits per heavy atom. The molecule has 0 saturated carbocycles. The van der Waals surface area contributed by atoms with Crippen LogP contribution >= 0.6 is 0 Å². The molecule has 0 amide bonds. The summed E-state index contributed by atoms with van der Waals surface area (Å²) < 4.78 is 23.5. The van der Waals surface area contributed by atoms with Crippen LogP contribution in [0.1, 0.15) is 24.2 Å². The molecule has 2 aromatic carbocycles. The number of anilines is 1. The lowest BCUT2D eigenvalue weighted by atomic mass is 10.1. The van der Waals surface area contributed by atoms with Gasteiger partial charge in [0.05, 0.1) is 16.8 Å². The number of sulfone groups is 1. The highest BCUT2D eigenvalue weighted by Gasteiger charge is 2.11. The van der Waals surface area contributed by atoms with Crippen molar-refractivity contribution in [3.8, 4) is 0 Å². The first-order valence-electron chi connectivity index (χ1n) is 7.23. The van der Waals surface area contributed by atoms with Crippen molar-refractivity contribution < 1.29 is 13.5 Å². The first-order valence-corrected chi connectivity index (χ1v) is 8.89. The maximum atomic E-state index is 11.7. The Morgan fingerprint density at radius 2 is 1.82 bits per heavy atom. The highest BCUT2D eigenvalue weighted by molar-refractivity contribution is 7.91. The second-order valence-electron chi connectivity index (χ2n) is 5.24. The topological polar surface area (TPSA) is 66.4 Å². The van der Waals surface area contributed by atoms with E-state index in [1.54, 1.807) is 31.2 Å². The number of nitrogens with one attached hydrogen (secondary N) is 1. The van der Waals surface area contributed by atoms with Crippen LogP contribution in [-0.2, 0) is 9.84 Å². The molecule has 0 spiro atoms. The smallest absolute Gasteiger partial charge is 0.178 e. The minimum atomic E-state index is -3.17. The number of benzene rings is 2. The van der Waals surface area contributed by atoms with E-state index in [4.69, 9.17) is 0 Å². The molecule has 1 atom stereocenters. The Labute approximate surface area is 131 Å². The predicted molar refractivity (Wildman–Crippen MR) is 88.8 cm³/mol. The number of aryl methyl sites for hydroxylation is 1. The number of aliphatic hydroxyl groups excluding tert-OH is 1. The normalized spacial score (nSPS) is 12.9. The van der Waals surface area contributed by atoms with Gasteiger partial charge in [0.25, 0.3) is 0 Å². The minimum absolute atomic E-state index is 0.0891. The molecule has 0 bridgehead atoms. The third kappa shape index (κ3) is 4.08. The zero-order valence-corrected chi connectivity index (χ0v) is 13.6. The van der Waals surface area contributed by atoms with Crippen molar-refractivity contribution in [2.75, 3.05) is 17.6 Å². The van der Waals surface area contributed by atoms with Crippen molar-refractivity contribution in [1.82, 2.24) is 0 Å². The quantitative estimate of drug-likeness (QED) is 0.859. The molecule has 0 heterocycles. The zero-order chi connectivity index (χ0) is 16.2. The fourth-order valence-corrected chi connectivity index (χ4v) is 3.04. The Morgan fingerprint density at radius 1 is 1.14 bits per heavy atom. The van der Waals surface area contributed by atoms with Crippen LogP contribution in [0.5, 0.6) is 0 Å². The third-order valence-corrected chi connectivity index (χ3v) is 5.27. The summed E-state index contributed by atoms with van der Waals surface area (Å²) in [5.41, 5.74) is 2.74. The lowest BCUT2D eigenvalue weighted by Crippen LogP contribution is -2.12. The van der Waals surface area contributed by atoms with Gasteiger partial charge in [-0.1, -0.05) is 36.8 Å². The molecule has 2 N–H and O–H groups in total. The number of rotatable bonds is 6. The van der Waals surface area contributed by atoms with Gasteiger partial charge in [-0.3, -0.25) is 0 Å². The van der Waals surface area contributed by atoms with E-state index in [1.807, 2.05) is 31.2 Å². The number of aliphatic hydroxyl groups is 1. The SMILES string of the molecule is CCS(=O)(=O)c1ccc(NC[C@H](O)c2cccc(C)c2)cc1. The molecular formula is C17H21NO3S. The van der Waals surface area contributed by atoms with Crippen molar-refractivity contribution in [2.24, 2.45) is 0 Å². The molecule has 118 valence electrons. The van der Waals surface area contributed by atoms with E-state index in [2.05, 4.69) is 5.32 Å². The van der Waals surface area contributed by atoms with Gasteiger partial charge in [-0.2, -0.15) is 0 Å². The molecule has 22 heavy (non-hydrogen) atoms. The first-order chi connectivity index (χ1) is 10.4. The van der Waals surface area contributed by atoms with E-state index in [-0.39, 0.29) is 5.75 Å². The molecule has 4 nitrogen and oxygen atoms in total. The molecule has 0 unspecified atom stereocenters. The van der Waals surface area contributed by atoms with Gasteiger partial charge in [0.1, 0.15) is 0 Å². The van der Waals surface area contributed by atoms with Gasteiger partial charge in [-0.15, -0.1) is 0 Å². The highest BCUT2D eigenvalue weighted by Crippen LogP contribution is 2.18. The Bertz CT molecular complexity index is 724. The first kappa shape index (κ1) is 16.5. The van der Waals surface area contributed by atoms with Crippen molar-refractivity contribution in [3.63, 3.8) is 0 Å². The summed E-state index contributed by atoms with van der Waals surface area (Å²) in [7, 11) is -3.17. The van der Waals surface area contributed by atoms with Gasteiger partial charge in [0, 0.05) is 12.2 Å². The lowest BCUT2D eigenvalue weighted by Gasteiger charge is -2.14. The minimum Gasteiger partial charge on any atom is -0.387 e. The van der Waals surface area contributed by atoms with Crippen LogP contribution < -0.4 is 5.32 Å². The van der Waals surface area contributed by atoms with Crippen LogP contribution in [0.25, 0.3) is 0 Å². The standard InChI is InChI=1S/C17H21NO3S/c1-3-22(20,21)16-9-7-15(8-10-16)18-12-17(19)14-6-4-5-13(2)11-14/h4-11,17-19H,3,12H2,1-2H3/t17-/m0/s1. The monoisotopic (exact) mass is 319 g/mol. The average molecular weight is 319 g/mol. The summed E-state index contributed by atoms with van der Waals surface area (Å²) in [6.45, 7) is 3.97. The molecule has 5 heteroatoms. The van der Waals surface area contributed by atoms with Crippen LogP contribution in [0, 0.1) is 6.92 Å². The molecule has 0 fully saturated rings. The van der Waals surface area contributed by atoms with Crippen molar-refractivity contribution >= 4 is 15.5 Å². The lowest BCUT2D eigenvalue weighted by molar-refractivity contribution is 0.191. The van der Waals surface area contributed by atoms with E-state index >= 15 is 0 Å². The number of hydrogen-bond donors (Lipinski definition) is 2. The van der Waals surface area contributed by atoms with E-state index in [1.165, 1.54) is 0 Å². The molecule has 2 rings (SSSR count). The molecule has 0 saturated heterocycles. The maximum Gasteiger partial charge on any atom is 0.178 e. The summed E-state index contributed by atoms with van der Waals surface area (Å²) in [5.74, 6) is 0.0891. The zero-order valence-electron chi connectivity index (χ0n) is 12.8. The molecule has 2 aromatic rings. The van der Waals surface area contributed by atoms with Gasteiger partial charge in [0.15, 0.2) is 9.84 Å². The van der Waals surface area contributed by atoms with Gasteiger partial charge in [-0.25, -0.2) is 8.42 Å². The maximum absolute atomic E-state index is 11.7. The molecule has 0 aromatic heterocycles. The van der Waals surface area contributed by atoms with E-state index in [0.29, 0.717) is 11.4 Å². The Kier molecular flexibility index (Phi) is 5.21. The Balaban J connectivity index is 2.00. The predicted octanol–water partition coefficient (Wildman–Crippen LogP) is 2.93. The molecule has 0 aliphatic carbocycles. The summed E-state index contributed by atoms with van der Waals surface area (Å²) in [6.07, 6.45) is -0.612. The molecule has 0 aliphatic heterocycles. The van der Waals surface area contributed by atoms with Crippen LogP contribution in [0.2, 0.25) is 0 Å². The van der Waals surface area contributed by atoms with Crippen molar-refractivity contribution in [3.05, 3.63) is 59.7 Å². The third-order valence-electron chi connectivity index (χ3n) is 3.52. The fourth-order valence-electron chi connectivity index (χ4n) is 2.16. The summed E-state index contributed by atoms with van der Waals surface area (Å²) in [4.78, 5) is 0.319. The highest BCUT2D eigenvalue weighted by atomic mass is 32.2. The van der Waals surface area contributed by atoms with Crippen molar-refractivity contribution in [2.45, 2.75) is 24.8 Å². The second kappa shape index (κ2) is 6.94. The van der Waals surface area contributed by atoms with Crippen LogP contribution in [0.3, 0.4) is 0 Å². The van der Waals surface area contributed by atoms with E-state index in [9.17, 15) is 13.5 Å². The number of hydrogen-bond acceptors (Lipinski definition) is 4. The van der Waals surface area contributed by atoms with Gasteiger partial charge < -0.3 is 10.4 Å². The molecule has 0 aliphatic rings. The van der Waals surface area contributed by atoms with Crippen LogP contribution in [-0.4, -0.2) is 25.8 Å². The van der Waals surface area contributed by atoms with Crippen LogP contribution in [0.4, 0.5) is 5.69 Å². The summed E-state index contributed by atoms with van der Waals surface area (Å²) >= 11 is 0. The van der Waals surface area contributed by atoms with Crippen molar-refractivity contribution in [1.29, 1.82) is 0 Å². The second-order valence-corrected chi connectivity index (χ2v) is 7.52. The van der Waals surface area contributed by atoms with Gasteiger partial charge in [0.2, 0.25) is 0 Å². The van der Waals surface area contributed by atoms with Crippen LogP contribution in [0.15, 0.2) is 53.4 Å². The van der Waals surface area contributed by atoms with E-state index in [0.717, 1.165) is 16.8 Å². The average Bonchev–Trinajstić information content (AvgIpc) is 2.53. The van der Waals surface area contributed by atoms with Gasteiger partial charge >= 0.3 is 0 Å². The largest absolute Gasteiger partial charge is 0.387 e. The molecular weight excluding hydrogens is 298 g/mol. The summed E-state index contributed by atoms with van der Waals surface area (Å²) in [6, 6.07) is 14.3. The van der Waals surface area contributed by atoms with Gasteiger partial charge in [-0.05, 0) is 36.8 Å². The summed E-state index contributed by atoms with van der Waals surface area (Å²) in [5, 5.41) is 13.3. The fraction of sp³-hybridized carbons (Fsp3) is 0.294.